The molecule has 0 fully saturated rings. The van der Waals surface area contributed by atoms with E-state index >= 15 is 0 Å². The Balaban J connectivity index is 2.07. The zero-order chi connectivity index (χ0) is 10.7. The van der Waals surface area contributed by atoms with Gasteiger partial charge < -0.3 is 15.5 Å². The Labute approximate surface area is 89.8 Å². The predicted molar refractivity (Wildman–Crippen MR) is 58.6 cm³/mol. The number of aryl methyl sites for hydroxylation is 1. The highest BCUT2D eigenvalue weighted by molar-refractivity contribution is 5.34. The summed E-state index contributed by atoms with van der Waals surface area (Å²) in [5.74, 6) is 0. The van der Waals surface area contributed by atoms with Gasteiger partial charge in [-0.3, -0.25) is 0 Å². The number of rotatable bonds is 4. The molecular weight excluding hydrogens is 190 g/mol. The van der Waals surface area contributed by atoms with Gasteiger partial charge >= 0.3 is 0 Å². The minimum Gasteiger partial charge on any atom is -0.395 e. The van der Waals surface area contributed by atoms with Gasteiger partial charge in [0.15, 0.2) is 0 Å². The SMILES string of the molecule is OCC(CO)N[C@H]1CCc2ccccc21. The Morgan fingerprint density at radius 1 is 1.27 bits per heavy atom. The van der Waals surface area contributed by atoms with Crippen molar-refractivity contribution < 1.29 is 10.2 Å². The zero-order valence-corrected chi connectivity index (χ0v) is 8.69. The van der Waals surface area contributed by atoms with Crippen LogP contribution < -0.4 is 5.32 Å². The quantitative estimate of drug-likeness (QED) is 0.678. The Kier molecular flexibility index (Phi) is 3.36. The third-order valence-corrected chi connectivity index (χ3v) is 3.01. The number of fused-ring (bicyclic) bond motifs is 1. The number of nitrogens with one attached hydrogen (secondary N) is 1. The molecule has 0 saturated heterocycles. The summed E-state index contributed by atoms with van der Waals surface area (Å²) >= 11 is 0. The molecule has 3 nitrogen and oxygen atoms in total. The summed E-state index contributed by atoms with van der Waals surface area (Å²) in [7, 11) is 0. The molecule has 1 aromatic carbocycles. The van der Waals surface area contributed by atoms with E-state index in [2.05, 4.69) is 23.5 Å². The third-order valence-electron chi connectivity index (χ3n) is 3.01. The monoisotopic (exact) mass is 207 g/mol. The second-order valence-electron chi connectivity index (χ2n) is 4.02. The van der Waals surface area contributed by atoms with Gasteiger partial charge in [-0.25, -0.2) is 0 Å². The van der Waals surface area contributed by atoms with Crippen LogP contribution in [0.2, 0.25) is 0 Å². The van der Waals surface area contributed by atoms with E-state index in [1.165, 1.54) is 11.1 Å². The minimum atomic E-state index is -0.207. The smallest absolute Gasteiger partial charge is 0.0607 e. The number of hydrogen-bond acceptors (Lipinski definition) is 3. The van der Waals surface area contributed by atoms with Gasteiger partial charge in [0, 0.05) is 6.04 Å². The van der Waals surface area contributed by atoms with Gasteiger partial charge in [-0.15, -0.1) is 0 Å². The molecule has 0 saturated carbocycles. The van der Waals surface area contributed by atoms with E-state index in [0.29, 0.717) is 0 Å². The summed E-state index contributed by atoms with van der Waals surface area (Å²) in [6.45, 7) is -0.0374. The molecule has 0 spiro atoms. The molecule has 2 rings (SSSR count). The van der Waals surface area contributed by atoms with E-state index in [1.54, 1.807) is 0 Å². The van der Waals surface area contributed by atoms with Crippen molar-refractivity contribution in [3.63, 3.8) is 0 Å². The van der Waals surface area contributed by atoms with Crippen LogP contribution in [-0.2, 0) is 6.42 Å². The second-order valence-corrected chi connectivity index (χ2v) is 4.02. The van der Waals surface area contributed by atoms with E-state index in [0.717, 1.165) is 12.8 Å². The molecule has 3 N–H and O–H groups in total. The summed E-state index contributed by atoms with van der Waals surface area (Å²) in [5.41, 5.74) is 2.69. The Hall–Kier alpha value is -0.900. The van der Waals surface area contributed by atoms with Crippen molar-refractivity contribution in [2.45, 2.75) is 24.9 Å². The van der Waals surface area contributed by atoms with Crippen LogP contribution in [-0.4, -0.2) is 29.5 Å². The molecule has 0 radical (unpaired) electrons. The fourth-order valence-electron chi connectivity index (χ4n) is 2.18. The van der Waals surface area contributed by atoms with E-state index in [-0.39, 0.29) is 25.3 Å². The van der Waals surface area contributed by atoms with Crippen LogP contribution in [0.3, 0.4) is 0 Å². The maximum absolute atomic E-state index is 9.01. The maximum atomic E-state index is 9.01. The molecule has 0 aliphatic heterocycles. The third kappa shape index (κ3) is 2.20. The predicted octanol–water partition coefficient (Wildman–Crippen LogP) is 0.617. The van der Waals surface area contributed by atoms with Crippen molar-refractivity contribution in [3.8, 4) is 0 Å². The number of benzene rings is 1. The van der Waals surface area contributed by atoms with Crippen LogP contribution >= 0.6 is 0 Å². The first-order chi connectivity index (χ1) is 7.35. The molecule has 1 aliphatic carbocycles. The minimum absolute atomic E-state index is 0.0187. The average molecular weight is 207 g/mol. The number of aliphatic hydroxyl groups is 2. The van der Waals surface area contributed by atoms with Crippen LogP contribution in [0.15, 0.2) is 24.3 Å². The lowest BCUT2D eigenvalue weighted by atomic mass is 10.1. The molecule has 1 aliphatic rings. The fourth-order valence-corrected chi connectivity index (χ4v) is 2.18. The lowest BCUT2D eigenvalue weighted by molar-refractivity contribution is 0.162. The summed E-state index contributed by atoms with van der Waals surface area (Å²) in [4.78, 5) is 0. The van der Waals surface area contributed by atoms with Gasteiger partial charge in [0.2, 0.25) is 0 Å². The molecule has 15 heavy (non-hydrogen) atoms. The average Bonchev–Trinajstić information content (AvgIpc) is 2.69. The molecule has 0 heterocycles. The lowest BCUT2D eigenvalue weighted by Gasteiger charge is -2.20. The molecule has 82 valence electrons. The molecule has 1 aromatic rings. The van der Waals surface area contributed by atoms with Crippen LogP contribution in [0.5, 0.6) is 0 Å². The molecular formula is C12H17NO2. The Morgan fingerprint density at radius 2 is 2.00 bits per heavy atom. The van der Waals surface area contributed by atoms with Gasteiger partial charge in [-0.05, 0) is 24.0 Å². The largest absolute Gasteiger partial charge is 0.395 e. The van der Waals surface area contributed by atoms with Crippen molar-refractivity contribution >= 4 is 0 Å². The summed E-state index contributed by atoms with van der Waals surface area (Å²) < 4.78 is 0. The van der Waals surface area contributed by atoms with Crippen LogP contribution in [0.4, 0.5) is 0 Å². The highest BCUT2D eigenvalue weighted by Crippen LogP contribution is 2.30. The molecule has 3 heteroatoms. The molecule has 0 amide bonds. The zero-order valence-electron chi connectivity index (χ0n) is 8.69. The fraction of sp³-hybridized carbons (Fsp3) is 0.500. The second kappa shape index (κ2) is 4.75. The summed E-state index contributed by atoms with van der Waals surface area (Å²) in [6.07, 6.45) is 2.13. The first-order valence-corrected chi connectivity index (χ1v) is 5.40. The normalized spacial score (nSPS) is 19.5. The van der Waals surface area contributed by atoms with Crippen molar-refractivity contribution in [1.29, 1.82) is 0 Å². The number of aliphatic hydroxyl groups excluding tert-OH is 2. The highest BCUT2D eigenvalue weighted by atomic mass is 16.3. The highest BCUT2D eigenvalue weighted by Gasteiger charge is 2.23. The molecule has 0 unspecified atom stereocenters. The number of hydrogen-bond donors (Lipinski definition) is 3. The van der Waals surface area contributed by atoms with Gasteiger partial charge in [-0.1, -0.05) is 24.3 Å². The lowest BCUT2D eigenvalue weighted by Crippen LogP contribution is -2.37. The van der Waals surface area contributed by atoms with E-state index in [1.807, 2.05) is 6.07 Å². The Morgan fingerprint density at radius 3 is 2.73 bits per heavy atom. The van der Waals surface area contributed by atoms with Crippen LogP contribution in [0.25, 0.3) is 0 Å². The van der Waals surface area contributed by atoms with Crippen LogP contribution in [0, 0.1) is 0 Å². The topological polar surface area (TPSA) is 52.5 Å². The Bertz CT molecular complexity index is 323. The first-order valence-electron chi connectivity index (χ1n) is 5.40. The van der Waals surface area contributed by atoms with Gasteiger partial charge in [0.1, 0.15) is 0 Å². The van der Waals surface area contributed by atoms with Crippen molar-refractivity contribution in [2.24, 2.45) is 0 Å². The standard InChI is InChI=1S/C12H17NO2/c14-7-10(8-15)13-12-6-5-9-3-1-2-4-11(9)12/h1-4,10,12-15H,5-8H2/t12-/m0/s1. The van der Waals surface area contributed by atoms with E-state index in [4.69, 9.17) is 10.2 Å². The molecule has 0 bridgehead atoms. The van der Waals surface area contributed by atoms with Crippen molar-refractivity contribution in [2.75, 3.05) is 13.2 Å². The maximum Gasteiger partial charge on any atom is 0.0607 e. The van der Waals surface area contributed by atoms with E-state index in [9.17, 15) is 0 Å². The van der Waals surface area contributed by atoms with Crippen LogP contribution in [0.1, 0.15) is 23.6 Å². The van der Waals surface area contributed by atoms with E-state index < -0.39 is 0 Å². The summed E-state index contributed by atoms with van der Waals surface area (Å²) in [6, 6.07) is 8.42. The molecule has 0 aromatic heterocycles. The first kappa shape index (κ1) is 10.6. The summed E-state index contributed by atoms with van der Waals surface area (Å²) in [5, 5.41) is 21.3. The van der Waals surface area contributed by atoms with Gasteiger partial charge in [0.25, 0.3) is 0 Å². The van der Waals surface area contributed by atoms with Gasteiger partial charge in [0.05, 0.1) is 19.3 Å². The van der Waals surface area contributed by atoms with Gasteiger partial charge in [-0.2, -0.15) is 0 Å². The molecule has 1 atom stereocenters. The van der Waals surface area contributed by atoms with Crippen molar-refractivity contribution in [3.05, 3.63) is 35.4 Å². The van der Waals surface area contributed by atoms with Crippen molar-refractivity contribution in [1.82, 2.24) is 5.32 Å².